The van der Waals surface area contributed by atoms with Gasteiger partial charge >= 0.3 is 11.8 Å². The molecule has 0 aliphatic rings. The van der Waals surface area contributed by atoms with Gasteiger partial charge in [-0.05, 0) is 29.8 Å². The number of amides is 2. The summed E-state index contributed by atoms with van der Waals surface area (Å²) < 4.78 is 13.2. The molecule has 0 heterocycles. The number of aliphatic hydroxyl groups is 1. The zero-order chi connectivity index (χ0) is 15.9. The quantitative estimate of drug-likeness (QED) is 0.750. The summed E-state index contributed by atoms with van der Waals surface area (Å²) in [4.78, 5) is 23.4. The first-order chi connectivity index (χ1) is 10.6. The molecule has 2 amide bonds. The van der Waals surface area contributed by atoms with Gasteiger partial charge in [-0.3, -0.25) is 9.59 Å². The molecule has 0 bridgehead atoms. The SMILES string of the molecule is O=C(NCc1ccc(F)c(CO)c1)C(=O)Nc1ccccc1. The van der Waals surface area contributed by atoms with Gasteiger partial charge in [0, 0.05) is 17.8 Å². The summed E-state index contributed by atoms with van der Waals surface area (Å²) in [6.45, 7) is -0.365. The van der Waals surface area contributed by atoms with Crippen LogP contribution in [0, 0.1) is 5.82 Å². The van der Waals surface area contributed by atoms with Crippen molar-refractivity contribution in [3.8, 4) is 0 Å². The first-order valence-corrected chi connectivity index (χ1v) is 6.62. The van der Waals surface area contributed by atoms with Crippen LogP contribution in [0.25, 0.3) is 0 Å². The smallest absolute Gasteiger partial charge is 0.313 e. The van der Waals surface area contributed by atoms with Crippen molar-refractivity contribution >= 4 is 17.5 Å². The number of nitrogens with one attached hydrogen (secondary N) is 2. The first-order valence-electron chi connectivity index (χ1n) is 6.62. The van der Waals surface area contributed by atoms with Gasteiger partial charge in [0.2, 0.25) is 0 Å². The monoisotopic (exact) mass is 302 g/mol. The molecule has 22 heavy (non-hydrogen) atoms. The van der Waals surface area contributed by atoms with E-state index in [-0.39, 0.29) is 12.1 Å². The van der Waals surface area contributed by atoms with E-state index >= 15 is 0 Å². The number of hydrogen-bond acceptors (Lipinski definition) is 3. The van der Waals surface area contributed by atoms with Crippen LogP contribution < -0.4 is 10.6 Å². The Hall–Kier alpha value is -2.73. The van der Waals surface area contributed by atoms with E-state index in [0.29, 0.717) is 11.3 Å². The Balaban J connectivity index is 1.91. The van der Waals surface area contributed by atoms with Crippen LogP contribution in [-0.2, 0) is 22.7 Å². The third-order valence-electron chi connectivity index (χ3n) is 2.97. The van der Waals surface area contributed by atoms with Gasteiger partial charge in [-0.1, -0.05) is 24.3 Å². The standard InChI is InChI=1S/C16H15FN2O3/c17-14-7-6-11(8-12(14)10-20)9-18-15(21)16(22)19-13-4-2-1-3-5-13/h1-8,20H,9-10H2,(H,18,21)(H,19,22). The van der Waals surface area contributed by atoms with Crippen LogP contribution in [0.5, 0.6) is 0 Å². The molecule has 0 saturated carbocycles. The second kappa shape index (κ2) is 7.33. The number of halogens is 1. The molecule has 2 rings (SSSR count). The van der Waals surface area contributed by atoms with Crippen molar-refractivity contribution in [3.63, 3.8) is 0 Å². The summed E-state index contributed by atoms with van der Waals surface area (Å²) in [5.41, 5.74) is 1.25. The maximum atomic E-state index is 13.2. The molecule has 0 radical (unpaired) electrons. The molecular weight excluding hydrogens is 287 g/mol. The lowest BCUT2D eigenvalue weighted by Crippen LogP contribution is -2.34. The van der Waals surface area contributed by atoms with Crippen LogP contribution in [0.3, 0.4) is 0 Å². The average Bonchev–Trinajstić information content (AvgIpc) is 2.54. The Morgan fingerprint density at radius 1 is 1.05 bits per heavy atom. The topological polar surface area (TPSA) is 78.4 Å². The molecular formula is C16H15FN2O3. The largest absolute Gasteiger partial charge is 0.392 e. The van der Waals surface area contributed by atoms with Crippen molar-refractivity contribution in [1.82, 2.24) is 5.32 Å². The fourth-order valence-electron chi connectivity index (χ4n) is 1.83. The molecule has 0 fully saturated rings. The van der Waals surface area contributed by atoms with Crippen LogP contribution in [0.4, 0.5) is 10.1 Å². The molecule has 6 heteroatoms. The predicted octanol–water partition coefficient (Wildman–Crippen LogP) is 1.57. The lowest BCUT2D eigenvalue weighted by molar-refractivity contribution is -0.136. The van der Waals surface area contributed by atoms with Gasteiger partial charge < -0.3 is 15.7 Å². The Kier molecular flexibility index (Phi) is 5.21. The summed E-state index contributed by atoms with van der Waals surface area (Å²) in [6.07, 6.45) is 0. The Bertz CT molecular complexity index is 674. The predicted molar refractivity (Wildman–Crippen MR) is 79.2 cm³/mol. The summed E-state index contributed by atoms with van der Waals surface area (Å²) in [5.74, 6) is -2.09. The first kappa shape index (κ1) is 15.7. The van der Waals surface area contributed by atoms with E-state index in [4.69, 9.17) is 5.11 Å². The van der Waals surface area contributed by atoms with Gasteiger partial charge in [0.05, 0.1) is 6.61 Å². The Morgan fingerprint density at radius 3 is 2.45 bits per heavy atom. The maximum absolute atomic E-state index is 13.2. The van der Waals surface area contributed by atoms with Gasteiger partial charge in [-0.25, -0.2) is 4.39 Å². The van der Waals surface area contributed by atoms with E-state index in [1.165, 1.54) is 18.2 Å². The molecule has 2 aromatic rings. The van der Waals surface area contributed by atoms with Gasteiger partial charge in [-0.15, -0.1) is 0 Å². The normalized spacial score (nSPS) is 10.1. The van der Waals surface area contributed by atoms with Crippen LogP contribution in [0.1, 0.15) is 11.1 Å². The molecule has 5 nitrogen and oxygen atoms in total. The Labute approximate surface area is 126 Å². The van der Waals surface area contributed by atoms with Crippen molar-refractivity contribution in [2.24, 2.45) is 0 Å². The fourth-order valence-corrected chi connectivity index (χ4v) is 1.83. The molecule has 0 atom stereocenters. The molecule has 0 aliphatic heterocycles. The van der Waals surface area contributed by atoms with Crippen LogP contribution in [0.15, 0.2) is 48.5 Å². The number of carbonyl (C=O) groups excluding carboxylic acids is 2. The molecule has 3 N–H and O–H groups in total. The van der Waals surface area contributed by atoms with Gasteiger partial charge in [0.15, 0.2) is 0 Å². The maximum Gasteiger partial charge on any atom is 0.313 e. The number of anilines is 1. The van der Waals surface area contributed by atoms with Crippen molar-refractivity contribution in [2.45, 2.75) is 13.2 Å². The van der Waals surface area contributed by atoms with Crippen LogP contribution in [-0.4, -0.2) is 16.9 Å². The van der Waals surface area contributed by atoms with Crippen molar-refractivity contribution in [3.05, 3.63) is 65.5 Å². The number of hydrogen-bond donors (Lipinski definition) is 3. The highest BCUT2D eigenvalue weighted by Crippen LogP contribution is 2.10. The lowest BCUT2D eigenvalue weighted by Gasteiger charge is -2.08. The molecule has 0 saturated heterocycles. The summed E-state index contributed by atoms with van der Waals surface area (Å²) >= 11 is 0. The van der Waals surface area contributed by atoms with E-state index in [1.54, 1.807) is 30.3 Å². The number of rotatable bonds is 4. The molecule has 2 aromatic carbocycles. The third-order valence-corrected chi connectivity index (χ3v) is 2.97. The van der Waals surface area contributed by atoms with E-state index < -0.39 is 24.2 Å². The molecule has 0 unspecified atom stereocenters. The minimum Gasteiger partial charge on any atom is -0.392 e. The van der Waals surface area contributed by atoms with Gasteiger partial charge in [0.25, 0.3) is 0 Å². The molecule has 0 aliphatic carbocycles. The van der Waals surface area contributed by atoms with E-state index in [9.17, 15) is 14.0 Å². The second-order valence-electron chi connectivity index (χ2n) is 4.59. The van der Waals surface area contributed by atoms with Crippen LogP contribution >= 0.6 is 0 Å². The lowest BCUT2D eigenvalue weighted by atomic mass is 10.1. The van der Waals surface area contributed by atoms with E-state index in [2.05, 4.69) is 10.6 Å². The molecule has 114 valence electrons. The minimum absolute atomic E-state index is 0.0638. The molecule has 0 spiro atoms. The third kappa shape index (κ3) is 4.13. The van der Waals surface area contributed by atoms with Crippen molar-refractivity contribution in [1.29, 1.82) is 0 Å². The Morgan fingerprint density at radius 2 is 1.77 bits per heavy atom. The number of para-hydroxylation sites is 1. The number of aliphatic hydroxyl groups excluding tert-OH is 1. The van der Waals surface area contributed by atoms with Crippen LogP contribution in [0.2, 0.25) is 0 Å². The number of carbonyl (C=O) groups is 2. The highest BCUT2D eigenvalue weighted by atomic mass is 19.1. The van der Waals surface area contributed by atoms with Crippen molar-refractivity contribution < 1.29 is 19.1 Å². The summed E-state index contributed by atoms with van der Waals surface area (Å²) in [5, 5.41) is 13.9. The van der Waals surface area contributed by atoms with Gasteiger partial charge in [0.1, 0.15) is 5.82 Å². The van der Waals surface area contributed by atoms with Crippen molar-refractivity contribution in [2.75, 3.05) is 5.32 Å². The highest BCUT2D eigenvalue weighted by molar-refractivity contribution is 6.39. The summed E-state index contributed by atoms with van der Waals surface area (Å²) in [6, 6.07) is 12.7. The number of benzene rings is 2. The average molecular weight is 302 g/mol. The summed E-state index contributed by atoms with van der Waals surface area (Å²) in [7, 11) is 0. The zero-order valence-corrected chi connectivity index (χ0v) is 11.7. The van der Waals surface area contributed by atoms with E-state index in [0.717, 1.165) is 0 Å². The molecule has 0 aromatic heterocycles. The van der Waals surface area contributed by atoms with E-state index in [1.807, 2.05) is 0 Å². The zero-order valence-electron chi connectivity index (χ0n) is 11.7. The highest BCUT2D eigenvalue weighted by Gasteiger charge is 2.13. The minimum atomic E-state index is -0.793. The van der Waals surface area contributed by atoms with Gasteiger partial charge in [-0.2, -0.15) is 0 Å². The second-order valence-corrected chi connectivity index (χ2v) is 4.59. The fraction of sp³-hybridized carbons (Fsp3) is 0.125.